The van der Waals surface area contributed by atoms with Crippen LogP contribution in [0.15, 0.2) is 24.3 Å². The summed E-state index contributed by atoms with van der Waals surface area (Å²) in [6.07, 6.45) is 1.56. The lowest BCUT2D eigenvalue weighted by atomic mass is 10.1. The molecule has 0 saturated heterocycles. The number of hydrogen-bond donors (Lipinski definition) is 4. The lowest BCUT2D eigenvalue weighted by Gasteiger charge is -2.17. The van der Waals surface area contributed by atoms with Crippen LogP contribution >= 0.6 is 22.6 Å². The summed E-state index contributed by atoms with van der Waals surface area (Å²) < 4.78 is 50.1. The van der Waals surface area contributed by atoms with Crippen molar-refractivity contribution in [2.75, 3.05) is 31.7 Å². The molecule has 174 valence electrons. The number of aliphatic hydroxyl groups is 2. The van der Waals surface area contributed by atoms with Crippen LogP contribution in [0.1, 0.15) is 28.8 Å². The van der Waals surface area contributed by atoms with E-state index in [0.717, 1.165) is 18.9 Å². The Kier molecular flexibility index (Phi) is 8.33. The second-order valence-electron chi connectivity index (χ2n) is 7.49. The van der Waals surface area contributed by atoms with Gasteiger partial charge in [0.1, 0.15) is 5.82 Å². The quantitative estimate of drug-likeness (QED) is 0.189. The van der Waals surface area contributed by atoms with Crippen molar-refractivity contribution >= 4 is 39.9 Å². The Labute approximate surface area is 196 Å². The van der Waals surface area contributed by atoms with E-state index >= 15 is 0 Å². The monoisotopic (exact) mass is 566 g/mol. The molecular weight excluding hydrogens is 544 g/mol. The minimum Gasteiger partial charge on any atom is -0.396 e. The van der Waals surface area contributed by atoms with Crippen LogP contribution in [-0.4, -0.2) is 42.5 Å². The molecule has 2 aromatic rings. The van der Waals surface area contributed by atoms with Crippen LogP contribution in [0.4, 0.5) is 24.5 Å². The summed E-state index contributed by atoms with van der Waals surface area (Å²) in [5.41, 5.74) is 0.372. The molecule has 3 rings (SSSR count). The zero-order valence-corrected chi connectivity index (χ0v) is 19.0. The van der Waals surface area contributed by atoms with Gasteiger partial charge in [-0.25, -0.2) is 18.7 Å². The van der Waals surface area contributed by atoms with E-state index in [1.54, 1.807) is 6.07 Å². The summed E-state index contributed by atoms with van der Waals surface area (Å²) >= 11 is 1.90. The highest BCUT2D eigenvalue weighted by molar-refractivity contribution is 14.1. The maximum atomic E-state index is 15.0. The van der Waals surface area contributed by atoms with Gasteiger partial charge in [0.2, 0.25) is 0 Å². The zero-order chi connectivity index (χ0) is 23.3. The van der Waals surface area contributed by atoms with Gasteiger partial charge in [-0.1, -0.05) is 0 Å². The topological polar surface area (TPSA) is 100 Å². The van der Waals surface area contributed by atoms with E-state index in [0.29, 0.717) is 3.57 Å². The van der Waals surface area contributed by atoms with Crippen LogP contribution in [0.25, 0.3) is 0 Å². The molecule has 7 nitrogen and oxygen atoms in total. The number of ether oxygens (including phenoxy) is 1. The van der Waals surface area contributed by atoms with Gasteiger partial charge in [0, 0.05) is 14.5 Å². The van der Waals surface area contributed by atoms with E-state index in [1.165, 1.54) is 12.1 Å². The van der Waals surface area contributed by atoms with Gasteiger partial charge in [-0.15, -0.1) is 0 Å². The molecule has 1 amide bonds. The summed E-state index contributed by atoms with van der Waals surface area (Å²) in [4.78, 5) is 17.3. The van der Waals surface area contributed by atoms with Crippen molar-refractivity contribution < 1.29 is 37.8 Å². The molecule has 4 N–H and O–H groups in total. The molecule has 1 fully saturated rings. The number of anilines is 2. The average molecular weight is 566 g/mol. The first kappa shape index (κ1) is 24.7. The first-order valence-corrected chi connectivity index (χ1v) is 10.8. The molecule has 2 aromatic carbocycles. The van der Waals surface area contributed by atoms with E-state index in [1.807, 2.05) is 28.1 Å². The second kappa shape index (κ2) is 10.8. The molecule has 0 spiro atoms. The van der Waals surface area contributed by atoms with Crippen molar-refractivity contribution in [1.82, 2.24) is 5.48 Å². The van der Waals surface area contributed by atoms with Crippen molar-refractivity contribution in [2.24, 2.45) is 5.41 Å². The summed E-state index contributed by atoms with van der Waals surface area (Å²) in [7, 11) is 0. The molecule has 1 aliphatic rings. The Morgan fingerprint density at radius 2 is 1.91 bits per heavy atom. The van der Waals surface area contributed by atoms with E-state index < -0.39 is 29.0 Å². The van der Waals surface area contributed by atoms with Crippen LogP contribution in [-0.2, 0) is 16.2 Å². The van der Waals surface area contributed by atoms with Gasteiger partial charge in [0.05, 0.1) is 50.0 Å². The maximum absolute atomic E-state index is 15.0. The minimum absolute atomic E-state index is 0.0653. The Hall–Kier alpha value is -1.93. The molecule has 11 heteroatoms. The molecule has 32 heavy (non-hydrogen) atoms. The second-order valence-corrected chi connectivity index (χ2v) is 8.74. The maximum Gasteiger partial charge on any atom is 0.277 e. The largest absolute Gasteiger partial charge is 0.396 e. The number of nitrogens with one attached hydrogen (secondary N) is 2. The van der Waals surface area contributed by atoms with Crippen molar-refractivity contribution in [3.63, 3.8) is 0 Å². The highest BCUT2D eigenvalue weighted by Crippen LogP contribution is 2.45. The Balaban J connectivity index is 1.90. The van der Waals surface area contributed by atoms with E-state index in [4.69, 9.17) is 14.7 Å². The number of rotatable bonds is 11. The predicted molar refractivity (Wildman–Crippen MR) is 118 cm³/mol. The van der Waals surface area contributed by atoms with E-state index in [2.05, 4.69) is 5.32 Å². The van der Waals surface area contributed by atoms with E-state index in [9.17, 15) is 23.1 Å². The van der Waals surface area contributed by atoms with Crippen molar-refractivity contribution in [1.29, 1.82) is 0 Å². The molecule has 0 aliphatic heterocycles. The van der Waals surface area contributed by atoms with Crippen LogP contribution in [0, 0.1) is 26.4 Å². The lowest BCUT2D eigenvalue weighted by molar-refractivity contribution is 0.0168. The summed E-state index contributed by atoms with van der Waals surface area (Å²) in [6.45, 7) is -0.823. The molecule has 0 atom stereocenters. The van der Waals surface area contributed by atoms with Gasteiger partial charge in [0.15, 0.2) is 11.6 Å². The molecule has 0 aromatic heterocycles. The van der Waals surface area contributed by atoms with Crippen molar-refractivity contribution in [3.8, 4) is 0 Å². The number of carbonyl (C=O) groups excluding carboxylic acids is 1. The number of benzene rings is 2. The Morgan fingerprint density at radius 3 is 2.53 bits per heavy atom. The van der Waals surface area contributed by atoms with Gasteiger partial charge in [-0.3, -0.25) is 9.63 Å². The summed E-state index contributed by atoms with van der Waals surface area (Å²) in [6, 6.07) is 5.17. The van der Waals surface area contributed by atoms with Gasteiger partial charge < -0.3 is 20.3 Å². The smallest absolute Gasteiger partial charge is 0.277 e. The number of halogens is 4. The third-order valence-corrected chi connectivity index (χ3v) is 5.70. The molecule has 0 radical (unpaired) electrons. The zero-order valence-electron chi connectivity index (χ0n) is 16.9. The molecule has 0 unspecified atom stereocenters. The number of amides is 1. The highest BCUT2D eigenvalue weighted by atomic mass is 127. The summed E-state index contributed by atoms with van der Waals surface area (Å²) in [5.74, 6) is -4.29. The van der Waals surface area contributed by atoms with Crippen LogP contribution in [0.2, 0.25) is 0 Å². The van der Waals surface area contributed by atoms with Gasteiger partial charge in [-0.2, -0.15) is 0 Å². The third-order valence-electron chi connectivity index (χ3n) is 5.03. The van der Waals surface area contributed by atoms with Gasteiger partial charge >= 0.3 is 0 Å². The fourth-order valence-electron chi connectivity index (χ4n) is 2.93. The average Bonchev–Trinajstić information content (AvgIpc) is 3.55. The predicted octanol–water partition coefficient (Wildman–Crippen LogP) is 3.39. The van der Waals surface area contributed by atoms with Gasteiger partial charge in [0.25, 0.3) is 5.91 Å². The summed E-state index contributed by atoms with van der Waals surface area (Å²) in [5, 5.41) is 20.6. The van der Waals surface area contributed by atoms with Crippen molar-refractivity contribution in [3.05, 3.63) is 56.4 Å². The standard InChI is InChI=1S/C21H22F3IN2O5/c22-15-8-13(25)1-2-16(15)26-19-14(20(30)27-32-6-5-28)7-12(17(23)18(19)24)9-31-11-21(10-29)3-4-21/h1-2,7-8,26,28-29H,3-6,9-11H2,(H,27,30). The van der Waals surface area contributed by atoms with Crippen LogP contribution < -0.4 is 10.8 Å². The Morgan fingerprint density at radius 1 is 1.16 bits per heavy atom. The van der Waals surface area contributed by atoms with Crippen molar-refractivity contribution in [2.45, 2.75) is 19.4 Å². The first-order valence-electron chi connectivity index (χ1n) is 9.75. The fraction of sp³-hybridized carbons (Fsp3) is 0.381. The normalized spacial score (nSPS) is 14.3. The molecule has 0 heterocycles. The SMILES string of the molecule is O=C(NOCCO)c1cc(COCC2(CO)CC2)c(F)c(F)c1Nc1ccc(I)cc1F. The number of hydroxylamine groups is 1. The molecule has 1 aliphatic carbocycles. The third kappa shape index (κ3) is 5.90. The Bertz CT molecular complexity index is 988. The minimum atomic E-state index is -1.39. The molecular formula is C21H22F3IN2O5. The van der Waals surface area contributed by atoms with Crippen LogP contribution in [0.3, 0.4) is 0 Å². The number of hydrogen-bond acceptors (Lipinski definition) is 6. The van der Waals surface area contributed by atoms with Gasteiger partial charge in [-0.05, 0) is 59.7 Å². The van der Waals surface area contributed by atoms with Crippen LogP contribution in [0.5, 0.6) is 0 Å². The fourth-order valence-corrected chi connectivity index (χ4v) is 3.38. The highest BCUT2D eigenvalue weighted by Gasteiger charge is 2.42. The van der Waals surface area contributed by atoms with E-state index in [-0.39, 0.29) is 55.3 Å². The lowest BCUT2D eigenvalue weighted by Crippen LogP contribution is -2.27. The molecule has 0 bridgehead atoms. The number of aliphatic hydroxyl groups excluding tert-OH is 2. The first-order chi connectivity index (χ1) is 15.3. The number of carbonyl (C=O) groups is 1. The molecule has 1 saturated carbocycles.